The van der Waals surface area contributed by atoms with E-state index in [-0.39, 0.29) is 12.5 Å². The third-order valence-electron chi connectivity index (χ3n) is 2.97. The van der Waals surface area contributed by atoms with Gasteiger partial charge >= 0.3 is 0 Å². The van der Waals surface area contributed by atoms with Crippen LogP contribution in [0.2, 0.25) is 0 Å². The van der Waals surface area contributed by atoms with Crippen LogP contribution in [-0.4, -0.2) is 18.7 Å². The maximum absolute atomic E-state index is 11.7. The molecule has 4 nitrogen and oxygen atoms in total. The zero-order chi connectivity index (χ0) is 15.8. The summed E-state index contributed by atoms with van der Waals surface area (Å²) in [5.41, 5.74) is 2.91. The Kier molecular flexibility index (Phi) is 6.15. The van der Waals surface area contributed by atoms with Gasteiger partial charge in [0.25, 0.3) is 5.91 Å². The summed E-state index contributed by atoms with van der Waals surface area (Å²) in [6.07, 6.45) is 2.59. The van der Waals surface area contributed by atoms with Crippen molar-refractivity contribution in [3.8, 4) is 0 Å². The van der Waals surface area contributed by atoms with E-state index in [0.29, 0.717) is 5.69 Å². The summed E-state index contributed by atoms with van der Waals surface area (Å²) in [7, 11) is 0. The number of rotatable bonds is 6. The van der Waals surface area contributed by atoms with E-state index in [1.165, 1.54) is 5.56 Å². The Hall–Kier alpha value is -2.14. The molecule has 0 fully saturated rings. The maximum atomic E-state index is 11.7. The minimum Gasteiger partial charge on any atom is -0.386 e. The number of carbonyl (C=O) groups is 1. The van der Waals surface area contributed by atoms with Gasteiger partial charge in [0.1, 0.15) is 0 Å². The summed E-state index contributed by atoms with van der Waals surface area (Å²) >= 11 is 3.35. The van der Waals surface area contributed by atoms with E-state index < -0.39 is 0 Å². The van der Waals surface area contributed by atoms with Crippen LogP contribution in [0.5, 0.6) is 0 Å². The molecule has 0 saturated heterocycles. The first kappa shape index (κ1) is 16.2. The van der Waals surface area contributed by atoms with Crippen LogP contribution in [-0.2, 0) is 16.1 Å². The molecule has 0 aromatic heterocycles. The van der Waals surface area contributed by atoms with Gasteiger partial charge in [0.15, 0.2) is 6.61 Å². The Bertz CT molecular complexity index is 654. The normalized spacial score (nSPS) is 10.6. The minimum absolute atomic E-state index is 0.129. The lowest BCUT2D eigenvalue weighted by molar-refractivity contribution is -0.120. The molecule has 1 N–H and O–H groups in total. The first-order chi connectivity index (χ1) is 10.7. The highest BCUT2D eigenvalue weighted by Gasteiger charge is 2.02. The van der Waals surface area contributed by atoms with Gasteiger partial charge in [-0.1, -0.05) is 58.3 Å². The molecule has 0 aliphatic carbocycles. The molecule has 0 spiro atoms. The fourth-order valence-corrected chi connectivity index (χ4v) is 2.20. The molecule has 1 amide bonds. The van der Waals surface area contributed by atoms with E-state index in [1.54, 1.807) is 12.3 Å². The standard InChI is InChI=1S/C17H17BrN2O2/c1-2-13-6-8-14(9-7-13)11-19-22-12-17(21)20-16-5-3-4-15(18)10-16/h3-11H,2,12H2,1H3,(H,20,21)/b19-11-. The van der Waals surface area contributed by atoms with Gasteiger partial charge in [-0.2, -0.15) is 0 Å². The fraction of sp³-hybridized carbons (Fsp3) is 0.176. The quantitative estimate of drug-likeness (QED) is 0.625. The van der Waals surface area contributed by atoms with Crippen LogP contribution < -0.4 is 5.32 Å². The average molecular weight is 361 g/mol. The number of hydrogen-bond acceptors (Lipinski definition) is 3. The molecule has 0 saturated carbocycles. The van der Waals surface area contributed by atoms with Crippen LogP contribution >= 0.6 is 15.9 Å². The van der Waals surface area contributed by atoms with Crippen molar-refractivity contribution in [2.45, 2.75) is 13.3 Å². The van der Waals surface area contributed by atoms with Crippen LogP contribution in [0.4, 0.5) is 5.69 Å². The van der Waals surface area contributed by atoms with Gasteiger partial charge in [-0.25, -0.2) is 0 Å². The highest BCUT2D eigenvalue weighted by Crippen LogP contribution is 2.15. The van der Waals surface area contributed by atoms with Crippen LogP contribution in [0.25, 0.3) is 0 Å². The van der Waals surface area contributed by atoms with Gasteiger partial charge < -0.3 is 10.2 Å². The predicted octanol–water partition coefficient (Wildman–Crippen LogP) is 4.00. The number of halogens is 1. The van der Waals surface area contributed by atoms with Crippen molar-refractivity contribution in [3.05, 3.63) is 64.1 Å². The predicted molar refractivity (Wildman–Crippen MR) is 92.1 cm³/mol. The van der Waals surface area contributed by atoms with Crippen molar-refractivity contribution in [1.29, 1.82) is 0 Å². The van der Waals surface area contributed by atoms with Crippen molar-refractivity contribution in [2.24, 2.45) is 5.16 Å². The first-order valence-electron chi connectivity index (χ1n) is 6.97. The summed E-state index contributed by atoms with van der Waals surface area (Å²) in [4.78, 5) is 16.7. The van der Waals surface area contributed by atoms with Crippen molar-refractivity contribution in [3.63, 3.8) is 0 Å². The Balaban J connectivity index is 1.77. The number of anilines is 1. The molecular weight excluding hydrogens is 344 g/mol. The van der Waals surface area contributed by atoms with E-state index in [4.69, 9.17) is 4.84 Å². The third-order valence-corrected chi connectivity index (χ3v) is 3.46. The topological polar surface area (TPSA) is 50.7 Å². The van der Waals surface area contributed by atoms with Gasteiger partial charge in [0.05, 0.1) is 6.21 Å². The lowest BCUT2D eigenvalue weighted by atomic mass is 10.1. The second-order valence-electron chi connectivity index (χ2n) is 4.66. The molecule has 0 bridgehead atoms. The molecule has 2 aromatic rings. The zero-order valence-electron chi connectivity index (χ0n) is 12.3. The number of nitrogens with zero attached hydrogens (tertiary/aromatic N) is 1. The highest BCUT2D eigenvalue weighted by atomic mass is 79.9. The molecule has 0 radical (unpaired) electrons. The molecule has 22 heavy (non-hydrogen) atoms. The van der Waals surface area contributed by atoms with Crippen molar-refractivity contribution in [2.75, 3.05) is 11.9 Å². The van der Waals surface area contributed by atoms with Gasteiger partial charge in [-0.15, -0.1) is 0 Å². The lowest BCUT2D eigenvalue weighted by Gasteiger charge is -2.04. The van der Waals surface area contributed by atoms with Crippen molar-refractivity contribution >= 4 is 33.7 Å². The molecule has 0 unspecified atom stereocenters. The Morgan fingerprint density at radius 2 is 2.05 bits per heavy atom. The van der Waals surface area contributed by atoms with Crippen LogP contribution in [0.1, 0.15) is 18.1 Å². The monoisotopic (exact) mass is 360 g/mol. The van der Waals surface area contributed by atoms with Crippen LogP contribution in [0.15, 0.2) is 58.2 Å². The maximum Gasteiger partial charge on any atom is 0.265 e. The molecule has 0 heterocycles. The van der Waals surface area contributed by atoms with E-state index in [0.717, 1.165) is 16.5 Å². The summed E-state index contributed by atoms with van der Waals surface area (Å²) in [6, 6.07) is 15.4. The van der Waals surface area contributed by atoms with Crippen LogP contribution in [0.3, 0.4) is 0 Å². The first-order valence-corrected chi connectivity index (χ1v) is 7.76. The summed E-state index contributed by atoms with van der Waals surface area (Å²) in [6.45, 7) is 1.98. The Labute approximate surface area is 138 Å². The third kappa shape index (κ3) is 5.33. The molecule has 0 aliphatic rings. The summed E-state index contributed by atoms with van der Waals surface area (Å²) in [5, 5.41) is 6.53. The molecule has 0 atom stereocenters. The second kappa shape index (κ2) is 8.34. The summed E-state index contributed by atoms with van der Waals surface area (Å²) in [5.74, 6) is -0.253. The Morgan fingerprint density at radius 3 is 2.73 bits per heavy atom. The number of carbonyl (C=O) groups excluding carboxylic acids is 1. The average Bonchev–Trinajstić information content (AvgIpc) is 2.52. The molecule has 2 rings (SSSR count). The fourth-order valence-electron chi connectivity index (χ4n) is 1.80. The van der Waals surface area contributed by atoms with Gasteiger partial charge in [-0.3, -0.25) is 4.79 Å². The van der Waals surface area contributed by atoms with E-state index >= 15 is 0 Å². The molecule has 114 valence electrons. The lowest BCUT2D eigenvalue weighted by Crippen LogP contribution is -2.16. The smallest absolute Gasteiger partial charge is 0.265 e. The highest BCUT2D eigenvalue weighted by molar-refractivity contribution is 9.10. The largest absolute Gasteiger partial charge is 0.386 e. The number of oxime groups is 1. The molecule has 0 aliphatic heterocycles. The van der Waals surface area contributed by atoms with Crippen molar-refractivity contribution in [1.82, 2.24) is 0 Å². The van der Waals surface area contributed by atoms with Crippen LogP contribution in [0, 0.1) is 0 Å². The second-order valence-corrected chi connectivity index (χ2v) is 5.58. The minimum atomic E-state index is -0.253. The number of benzene rings is 2. The molecular formula is C17H17BrN2O2. The number of amides is 1. The molecule has 2 aromatic carbocycles. The van der Waals surface area contributed by atoms with E-state index in [2.05, 4.69) is 33.3 Å². The summed E-state index contributed by atoms with van der Waals surface area (Å²) < 4.78 is 0.903. The van der Waals surface area contributed by atoms with E-state index in [1.807, 2.05) is 42.5 Å². The SMILES string of the molecule is CCc1ccc(/C=N\OCC(=O)Nc2cccc(Br)c2)cc1. The molecule has 5 heteroatoms. The zero-order valence-corrected chi connectivity index (χ0v) is 13.8. The van der Waals surface area contributed by atoms with E-state index in [9.17, 15) is 4.79 Å². The van der Waals surface area contributed by atoms with Gasteiger partial charge in [-0.05, 0) is 35.7 Å². The Morgan fingerprint density at radius 1 is 1.27 bits per heavy atom. The van der Waals surface area contributed by atoms with Crippen molar-refractivity contribution < 1.29 is 9.63 Å². The van der Waals surface area contributed by atoms with Gasteiger partial charge in [0, 0.05) is 10.2 Å². The number of hydrogen-bond donors (Lipinski definition) is 1. The van der Waals surface area contributed by atoms with Gasteiger partial charge in [0.2, 0.25) is 0 Å². The number of aryl methyl sites for hydroxylation is 1. The number of nitrogens with one attached hydrogen (secondary N) is 1.